The Bertz CT molecular complexity index is 328. The number of aromatic nitrogens is 2. The van der Waals surface area contributed by atoms with E-state index in [4.69, 9.17) is 5.73 Å². The number of hydrogen-bond donors (Lipinski definition) is 2. The van der Waals surface area contributed by atoms with E-state index in [1.54, 1.807) is 6.33 Å². The molecule has 1 heterocycles. The van der Waals surface area contributed by atoms with E-state index in [1.807, 2.05) is 6.20 Å². The number of halogens is 1. The highest BCUT2D eigenvalue weighted by atomic mass is 127. The lowest BCUT2D eigenvalue weighted by Gasteiger charge is -2.25. The average Bonchev–Trinajstić information content (AvgIpc) is 2.26. The third-order valence-corrected chi connectivity index (χ3v) is 3.25. The summed E-state index contributed by atoms with van der Waals surface area (Å²) in [6.07, 6.45) is 5.56. The minimum Gasteiger partial charge on any atom is -0.369 e. The van der Waals surface area contributed by atoms with Gasteiger partial charge < -0.3 is 11.1 Å². The molecule has 1 aromatic rings. The van der Waals surface area contributed by atoms with E-state index in [0.29, 0.717) is 0 Å². The molecule has 1 rings (SSSR count). The van der Waals surface area contributed by atoms with Crippen molar-refractivity contribution in [2.45, 2.75) is 26.7 Å². The summed E-state index contributed by atoms with van der Waals surface area (Å²) in [7, 11) is 0. The van der Waals surface area contributed by atoms with E-state index in [-0.39, 0.29) is 5.41 Å². The van der Waals surface area contributed by atoms with Crippen LogP contribution in [0.5, 0.6) is 0 Å². The molecule has 0 spiro atoms. The van der Waals surface area contributed by atoms with Crippen LogP contribution in [0.4, 0.5) is 5.82 Å². The van der Waals surface area contributed by atoms with E-state index in [0.717, 1.165) is 35.3 Å². The van der Waals surface area contributed by atoms with Crippen LogP contribution in [0.15, 0.2) is 12.5 Å². The molecule has 0 atom stereocenters. The number of nitrogens with two attached hydrogens (primary N) is 1. The molecule has 0 fully saturated rings. The van der Waals surface area contributed by atoms with Crippen molar-refractivity contribution >= 4 is 28.4 Å². The van der Waals surface area contributed by atoms with Crippen molar-refractivity contribution in [3.05, 3.63) is 16.1 Å². The third kappa shape index (κ3) is 4.61. The Morgan fingerprint density at radius 3 is 2.88 bits per heavy atom. The molecule has 5 heteroatoms. The molecule has 3 N–H and O–H groups in total. The van der Waals surface area contributed by atoms with Crippen LogP contribution in [0.1, 0.15) is 26.7 Å². The van der Waals surface area contributed by atoms with Gasteiger partial charge in [0.1, 0.15) is 12.1 Å². The van der Waals surface area contributed by atoms with Crippen LogP contribution >= 0.6 is 22.6 Å². The topological polar surface area (TPSA) is 63.8 Å². The number of hydrogen-bond acceptors (Lipinski definition) is 4. The Morgan fingerprint density at radius 1 is 1.50 bits per heavy atom. The molecular weight excluding hydrogens is 315 g/mol. The predicted molar refractivity (Wildman–Crippen MR) is 75.3 cm³/mol. The van der Waals surface area contributed by atoms with Crippen molar-refractivity contribution < 1.29 is 0 Å². The Labute approximate surface area is 111 Å². The number of rotatable bonds is 6. The minimum absolute atomic E-state index is 0.243. The highest BCUT2D eigenvalue weighted by molar-refractivity contribution is 14.1. The maximum absolute atomic E-state index is 5.52. The van der Waals surface area contributed by atoms with Gasteiger partial charge in [-0.3, -0.25) is 0 Å². The molecule has 0 aliphatic carbocycles. The average molecular weight is 334 g/mol. The summed E-state index contributed by atoms with van der Waals surface area (Å²) in [5.41, 5.74) is 5.77. The molecule has 0 aromatic carbocycles. The molecular formula is C11H19IN4. The molecule has 16 heavy (non-hydrogen) atoms. The van der Waals surface area contributed by atoms with Crippen molar-refractivity contribution in [2.75, 3.05) is 18.4 Å². The lowest BCUT2D eigenvalue weighted by atomic mass is 9.88. The first-order chi connectivity index (χ1) is 7.55. The summed E-state index contributed by atoms with van der Waals surface area (Å²) in [6, 6.07) is 0. The minimum atomic E-state index is 0.243. The standard InChI is InChI=1S/C11H19IN4/c1-11(2,4-3-5-13)7-15-10-9(12)6-14-8-16-10/h6,8H,3-5,7,13H2,1-2H3,(H,14,15,16). The summed E-state index contributed by atoms with van der Waals surface area (Å²) in [4.78, 5) is 8.17. The SMILES string of the molecule is CC(C)(CCCN)CNc1ncncc1I. The lowest BCUT2D eigenvalue weighted by Crippen LogP contribution is -2.24. The first kappa shape index (κ1) is 13.6. The lowest BCUT2D eigenvalue weighted by molar-refractivity contribution is 0.350. The van der Waals surface area contributed by atoms with Crippen LogP contribution in [-0.4, -0.2) is 23.1 Å². The zero-order valence-electron chi connectivity index (χ0n) is 9.83. The quantitative estimate of drug-likeness (QED) is 0.784. The maximum Gasteiger partial charge on any atom is 0.142 e. The number of nitrogens with one attached hydrogen (secondary N) is 1. The Kier molecular flexibility index (Phi) is 5.40. The van der Waals surface area contributed by atoms with Crippen LogP contribution in [0, 0.1) is 8.99 Å². The monoisotopic (exact) mass is 334 g/mol. The summed E-state index contributed by atoms with van der Waals surface area (Å²) in [5, 5.41) is 3.36. The molecule has 0 bridgehead atoms. The predicted octanol–water partition coefficient (Wildman–Crippen LogP) is 2.26. The van der Waals surface area contributed by atoms with Gasteiger partial charge in [0.25, 0.3) is 0 Å². The van der Waals surface area contributed by atoms with Crippen LogP contribution in [0.3, 0.4) is 0 Å². The molecule has 90 valence electrons. The highest BCUT2D eigenvalue weighted by Crippen LogP contribution is 2.23. The van der Waals surface area contributed by atoms with Crippen LogP contribution in [0.25, 0.3) is 0 Å². The molecule has 1 aromatic heterocycles. The normalized spacial score (nSPS) is 11.5. The van der Waals surface area contributed by atoms with Gasteiger partial charge in [0.05, 0.1) is 3.57 Å². The number of anilines is 1. The molecule has 0 aliphatic heterocycles. The molecule has 0 radical (unpaired) electrons. The summed E-state index contributed by atoms with van der Waals surface area (Å²) in [6.45, 7) is 6.14. The first-order valence-electron chi connectivity index (χ1n) is 5.44. The van der Waals surface area contributed by atoms with Crippen molar-refractivity contribution in [3.8, 4) is 0 Å². The maximum atomic E-state index is 5.52. The van der Waals surface area contributed by atoms with Gasteiger partial charge in [-0.15, -0.1) is 0 Å². The molecule has 0 saturated carbocycles. The first-order valence-corrected chi connectivity index (χ1v) is 6.52. The molecule has 0 amide bonds. The molecule has 0 saturated heterocycles. The second-order valence-corrected chi connectivity index (χ2v) is 5.79. The summed E-state index contributed by atoms with van der Waals surface area (Å²) < 4.78 is 1.05. The highest BCUT2D eigenvalue weighted by Gasteiger charge is 2.17. The Hall–Kier alpha value is -0.430. The Morgan fingerprint density at radius 2 is 2.25 bits per heavy atom. The van der Waals surface area contributed by atoms with Crippen LogP contribution in [0.2, 0.25) is 0 Å². The van der Waals surface area contributed by atoms with Crippen LogP contribution in [-0.2, 0) is 0 Å². The summed E-state index contributed by atoms with van der Waals surface area (Å²) >= 11 is 2.23. The smallest absolute Gasteiger partial charge is 0.142 e. The van der Waals surface area contributed by atoms with Gasteiger partial charge in [-0.25, -0.2) is 9.97 Å². The van der Waals surface area contributed by atoms with Crippen molar-refractivity contribution in [1.29, 1.82) is 0 Å². The fraction of sp³-hybridized carbons (Fsp3) is 0.636. The second kappa shape index (κ2) is 6.34. The van der Waals surface area contributed by atoms with Crippen LogP contribution < -0.4 is 11.1 Å². The number of nitrogens with zero attached hydrogens (tertiary/aromatic N) is 2. The van der Waals surface area contributed by atoms with E-state index >= 15 is 0 Å². The third-order valence-electron chi connectivity index (χ3n) is 2.46. The zero-order valence-corrected chi connectivity index (χ0v) is 12.0. The van der Waals surface area contributed by atoms with E-state index in [1.165, 1.54) is 0 Å². The van der Waals surface area contributed by atoms with Crippen molar-refractivity contribution in [3.63, 3.8) is 0 Å². The van der Waals surface area contributed by atoms with Gasteiger partial charge >= 0.3 is 0 Å². The van der Waals surface area contributed by atoms with Gasteiger partial charge in [0.2, 0.25) is 0 Å². The molecule has 4 nitrogen and oxygen atoms in total. The van der Waals surface area contributed by atoms with Gasteiger partial charge in [-0.05, 0) is 47.4 Å². The van der Waals surface area contributed by atoms with E-state index in [9.17, 15) is 0 Å². The van der Waals surface area contributed by atoms with Gasteiger partial charge in [0, 0.05) is 12.7 Å². The summed E-state index contributed by atoms with van der Waals surface area (Å²) in [5.74, 6) is 0.913. The largest absolute Gasteiger partial charge is 0.369 e. The molecule has 0 unspecified atom stereocenters. The fourth-order valence-electron chi connectivity index (χ4n) is 1.43. The van der Waals surface area contributed by atoms with Gasteiger partial charge in [-0.2, -0.15) is 0 Å². The van der Waals surface area contributed by atoms with E-state index in [2.05, 4.69) is 51.7 Å². The van der Waals surface area contributed by atoms with Gasteiger partial charge in [-0.1, -0.05) is 13.8 Å². The fourth-order valence-corrected chi connectivity index (χ4v) is 1.93. The second-order valence-electron chi connectivity index (χ2n) is 4.63. The van der Waals surface area contributed by atoms with Gasteiger partial charge in [0.15, 0.2) is 0 Å². The zero-order chi connectivity index (χ0) is 12.0. The Balaban J connectivity index is 2.47. The van der Waals surface area contributed by atoms with Crippen molar-refractivity contribution in [1.82, 2.24) is 9.97 Å². The van der Waals surface area contributed by atoms with E-state index < -0.39 is 0 Å². The molecule has 0 aliphatic rings. The van der Waals surface area contributed by atoms with Crippen molar-refractivity contribution in [2.24, 2.45) is 11.1 Å².